The minimum absolute atomic E-state index is 0.116. The Morgan fingerprint density at radius 3 is 2.28 bits per heavy atom. The third kappa shape index (κ3) is 5.26. The molecule has 0 atom stereocenters. The molecule has 2 aromatic rings. The molecule has 0 bridgehead atoms. The summed E-state index contributed by atoms with van der Waals surface area (Å²) in [6, 6.07) is 11.0. The van der Waals surface area contributed by atoms with Crippen molar-refractivity contribution >= 4 is 21.7 Å². The van der Waals surface area contributed by atoms with Crippen LogP contribution in [0.15, 0.2) is 53.4 Å². The van der Waals surface area contributed by atoms with Gasteiger partial charge >= 0.3 is 5.97 Å². The number of halogens is 1. The lowest BCUT2D eigenvalue weighted by Gasteiger charge is -2.24. The van der Waals surface area contributed by atoms with Gasteiger partial charge in [0.25, 0.3) is 10.0 Å². The van der Waals surface area contributed by atoms with E-state index in [-0.39, 0.29) is 17.6 Å². The molecule has 2 aromatic carbocycles. The SMILES string of the molecule is CCOC(=O)CN(c1ccc(OC2CCCC2)cc1)S(=O)(=O)c1ccc(F)cc1. The molecule has 0 radical (unpaired) electrons. The highest BCUT2D eigenvalue weighted by molar-refractivity contribution is 7.92. The Bertz CT molecular complexity index is 923. The van der Waals surface area contributed by atoms with Gasteiger partial charge in [0.05, 0.1) is 23.3 Å². The minimum Gasteiger partial charge on any atom is -0.490 e. The van der Waals surface area contributed by atoms with E-state index in [1.165, 1.54) is 12.1 Å². The lowest BCUT2D eigenvalue weighted by Crippen LogP contribution is -2.36. The zero-order valence-electron chi connectivity index (χ0n) is 16.2. The maximum absolute atomic E-state index is 13.2. The number of carbonyl (C=O) groups excluding carboxylic acids is 1. The second-order valence-electron chi connectivity index (χ2n) is 6.79. The highest BCUT2D eigenvalue weighted by Crippen LogP contribution is 2.28. The van der Waals surface area contributed by atoms with E-state index < -0.39 is 28.4 Å². The number of hydrogen-bond acceptors (Lipinski definition) is 5. The molecule has 0 heterocycles. The van der Waals surface area contributed by atoms with Crippen molar-refractivity contribution in [2.45, 2.75) is 43.6 Å². The number of esters is 1. The molecule has 0 amide bonds. The summed E-state index contributed by atoms with van der Waals surface area (Å²) < 4.78 is 51.2. The lowest BCUT2D eigenvalue weighted by molar-refractivity contribution is -0.141. The molecule has 1 saturated carbocycles. The van der Waals surface area contributed by atoms with Gasteiger partial charge in [0.1, 0.15) is 18.1 Å². The molecule has 156 valence electrons. The van der Waals surface area contributed by atoms with Gasteiger partial charge in [-0.2, -0.15) is 0 Å². The van der Waals surface area contributed by atoms with E-state index in [0.717, 1.165) is 42.1 Å². The van der Waals surface area contributed by atoms with Gasteiger partial charge in [-0.1, -0.05) is 0 Å². The molecular formula is C21H24FNO5S. The third-order valence-corrected chi connectivity index (χ3v) is 6.50. The number of nitrogens with zero attached hydrogens (tertiary/aromatic N) is 1. The maximum Gasteiger partial charge on any atom is 0.326 e. The van der Waals surface area contributed by atoms with Gasteiger partial charge in [-0.15, -0.1) is 0 Å². The molecule has 0 spiro atoms. The summed E-state index contributed by atoms with van der Waals surface area (Å²) in [5.74, 6) is -0.574. The third-order valence-electron chi connectivity index (χ3n) is 4.71. The van der Waals surface area contributed by atoms with Crippen molar-refractivity contribution in [1.82, 2.24) is 0 Å². The van der Waals surface area contributed by atoms with Crippen molar-refractivity contribution in [3.8, 4) is 5.75 Å². The average molecular weight is 421 g/mol. The van der Waals surface area contributed by atoms with Crippen LogP contribution in [0, 0.1) is 5.82 Å². The van der Waals surface area contributed by atoms with Crippen LogP contribution < -0.4 is 9.04 Å². The second-order valence-corrected chi connectivity index (χ2v) is 8.65. The smallest absolute Gasteiger partial charge is 0.326 e. The number of carbonyl (C=O) groups is 1. The average Bonchev–Trinajstić information content (AvgIpc) is 3.20. The van der Waals surface area contributed by atoms with Crippen LogP contribution in [-0.2, 0) is 19.6 Å². The summed E-state index contributed by atoms with van der Waals surface area (Å²) >= 11 is 0. The molecule has 3 rings (SSSR count). The Morgan fingerprint density at radius 2 is 1.69 bits per heavy atom. The highest BCUT2D eigenvalue weighted by atomic mass is 32.2. The Hall–Kier alpha value is -2.61. The van der Waals surface area contributed by atoms with E-state index in [0.29, 0.717) is 11.4 Å². The first-order valence-corrected chi connectivity index (χ1v) is 11.0. The molecule has 0 saturated heterocycles. The first-order chi connectivity index (χ1) is 13.9. The predicted octanol–water partition coefficient (Wildman–Crippen LogP) is 3.91. The number of sulfonamides is 1. The first kappa shape index (κ1) is 21.1. The molecule has 0 aromatic heterocycles. The zero-order valence-corrected chi connectivity index (χ0v) is 17.0. The van der Waals surface area contributed by atoms with Crippen molar-refractivity contribution in [1.29, 1.82) is 0 Å². The summed E-state index contributed by atoms with van der Waals surface area (Å²) in [5, 5.41) is 0. The largest absolute Gasteiger partial charge is 0.490 e. The fraction of sp³-hybridized carbons (Fsp3) is 0.381. The summed E-state index contributed by atoms with van der Waals surface area (Å²) in [6.45, 7) is 1.29. The molecule has 8 heteroatoms. The Balaban J connectivity index is 1.88. The number of anilines is 1. The van der Waals surface area contributed by atoms with Crippen LogP contribution in [0.1, 0.15) is 32.6 Å². The molecule has 1 aliphatic rings. The summed E-state index contributed by atoms with van der Waals surface area (Å²) in [4.78, 5) is 11.9. The molecule has 1 fully saturated rings. The van der Waals surface area contributed by atoms with Crippen LogP contribution in [0.5, 0.6) is 5.75 Å². The van der Waals surface area contributed by atoms with Gasteiger partial charge in [0, 0.05) is 0 Å². The van der Waals surface area contributed by atoms with Crippen LogP contribution in [0.2, 0.25) is 0 Å². The van der Waals surface area contributed by atoms with Crippen molar-refractivity contribution in [2.75, 3.05) is 17.5 Å². The van der Waals surface area contributed by atoms with Crippen LogP contribution in [0.25, 0.3) is 0 Å². The van der Waals surface area contributed by atoms with Crippen LogP contribution in [0.4, 0.5) is 10.1 Å². The summed E-state index contributed by atoms with van der Waals surface area (Å²) in [6.07, 6.45) is 4.49. The molecule has 0 aliphatic heterocycles. The molecule has 29 heavy (non-hydrogen) atoms. The number of benzene rings is 2. The monoisotopic (exact) mass is 421 g/mol. The van der Waals surface area contributed by atoms with Gasteiger partial charge < -0.3 is 9.47 Å². The van der Waals surface area contributed by atoms with E-state index in [4.69, 9.17) is 9.47 Å². The Kier molecular flexibility index (Phi) is 6.74. The van der Waals surface area contributed by atoms with Gasteiger partial charge in [-0.25, -0.2) is 12.8 Å². The fourth-order valence-electron chi connectivity index (χ4n) is 3.26. The first-order valence-electron chi connectivity index (χ1n) is 9.61. The van der Waals surface area contributed by atoms with E-state index >= 15 is 0 Å². The van der Waals surface area contributed by atoms with Crippen molar-refractivity contribution in [3.05, 3.63) is 54.3 Å². The van der Waals surface area contributed by atoms with Crippen molar-refractivity contribution in [3.63, 3.8) is 0 Å². The maximum atomic E-state index is 13.2. The molecule has 0 unspecified atom stereocenters. The van der Waals surface area contributed by atoms with Crippen LogP contribution >= 0.6 is 0 Å². The van der Waals surface area contributed by atoms with Crippen molar-refractivity contribution < 1.29 is 27.1 Å². The molecular weight excluding hydrogens is 397 g/mol. The zero-order chi connectivity index (χ0) is 20.9. The van der Waals surface area contributed by atoms with Crippen LogP contribution in [0.3, 0.4) is 0 Å². The summed E-state index contributed by atoms with van der Waals surface area (Å²) in [7, 11) is -4.09. The van der Waals surface area contributed by atoms with E-state index in [2.05, 4.69) is 0 Å². The Morgan fingerprint density at radius 1 is 1.07 bits per heavy atom. The standard InChI is InChI=1S/C21H24FNO5S/c1-2-27-21(24)15-23(29(25,26)20-13-7-16(22)8-14-20)17-9-11-19(12-10-17)28-18-5-3-4-6-18/h7-14,18H,2-6,15H2,1H3. The molecule has 0 N–H and O–H groups in total. The fourth-order valence-corrected chi connectivity index (χ4v) is 4.67. The lowest BCUT2D eigenvalue weighted by atomic mass is 10.2. The van der Waals surface area contributed by atoms with E-state index in [1.54, 1.807) is 31.2 Å². The molecule has 6 nitrogen and oxygen atoms in total. The van der Waals surface area contributed by atoms with Gasteiger partial charge in [-0.05, 0) is 81.1 Å². The Labute approximate surface area is 170 Å². The van der Waals surface area contributed by atoms with Gasteiger partial charge in [0.15, 0.2) is 0 Å². The molecule has 1 aliphatic carbocycles. The van der Waals surface area contributed by atoms with Gasteiger partial charge in [-0.3, -0.25) is 9.10 Å². The van der Waals surface area contributed by atoms with Crippen LogP contribution in [-0.4, -0.2) is 33.6 Å². The second kappa shape index (κ2) is 9.26. The predicted molar refractivity (Wildman–Crippen MR) is 107 cm³/mol. The van der Waals surface area contributed by atoms with E-state index in [9.17, 15) is 17.6 Å². The number of rotatable bonds is 8. The minimum atomic E-state index is -4.09. The summed E-state index contributed by atoms with van der Waals surface area (Å²) in [5.41, 5.74) is 0.293. The van der Waals surface area contributed by atoms with Crippen molar-refractivity contribution in [2.24, 2.45) is 0 Å². The number of ether oxygens (including phenoxy) is 2. The normalized spacial score (nSPS) is 14.6. The highest BCUT2D eigenvalue weighted by Gasteiger charge is 2.28. The quantitative estimate of drug-likeness (QED) is 0.605. The van der Waals surface area contributed by atoms with E-state index in [1.807, 2.05) is 0 Å². The topological polar surface area (TPSA) is 72.9 Å². The van der Waals surface area contributed by atoms with Gasteiger partial charge in [0.2, 0.25) is 0 Å². The number of hydrogen-bond donors (Lipinski definition) is 0.